The Kier molecular flexibility index (Phi) is 12.6. The van der Waals surface area contributed by atoms with Crippen LogP contribution in [0, 0.1) is 0 Å². The maximum Gasteiger partial charge on any atom is 0.411 e. The summed E-state index contributed by atoms with van der Waals surface area (Å²) in [6.45, 7) is 4.19. The number of quaternary nitrogens is 1. The second-order valence-corrected chi connectivity index (χ2v) is 11.2. The maximum absolute atomic E-state index is 12.9. The van der Waals surface area contributed by atoms with Gasteiger partial charge in [0.15, 0.2) is 0 Å². The number of aryl methyl sites for hydroxylation is 1. The molecule has 0 unspecified atom stereocenters. The van der Waals surface area contributed by atoms with Crippen LogP contribution >= 0.6 is 0 Å². The van der Waals surface area contributed by atoms with Gasteiger partial charge >= 0.3 is 6.09 Å². The molecule has 1 aliphatic rings. The first-order valence-corrected chi connectivity index (χ1v) is 14.4. The summed E-state index contributed by atoms with van der Waals surface area (Å²) in [7, 11) is 4.40. The summed E-state index contributed by atoms with van der Waals surface area (Å²) < 4.78 is 12.3. The number of ether oxygens (including phenoxy) is 2. The lowest BCUT2D eigenvalue weighted by Crippen LogP contribution is -3.00. The van der Waals surface area contributed by atoms with E-state index in [1.165, 1.54) is 0 Å². The molecule has 1 heterocycles. The summed E-state index contributed by atoms with van der Waals surface area (Å²) in [5, 5.41) is 15.4. The number of hydrogen-bond donors (Lipinski definition) is 3. The predicted octanol–water partition coefficient (Wildman–Crippen LogP) is 3.00. The van der Waals surface area contributed by atoms with Gasteiger partial charge in [-0.2, -0.15) is 0 Å². The monoisotopic (exact) mass is 687 g/mol. The number of rotatable bonds is 11. The molecule has 1 fully saturated rings. The molecule has 3 aromatic carbocycles. The van der Waals surface area contributed by atoms with Crippen molar-refractivity contribution in [3.63, 3.8) is 0 Å². The highest BCUT2D eigenvalue weighted by Crippen LogP contribution is 2.30. The maximum atomic E-state index is 12.9. The molecule has 3 aromatic rings. The van der Waals surface area contributed by atoms with E-state index in [4.69, 9.17) is 9.47 Å². The van der Waals surface area contributed by atoms with E-state index in [0.717, 1.165) is 47.1 Å². The fourth-order valence-corrected chi connectivity index (χ4v) is 5.10. The summed E-state index contributed by atoms with van der Waals surface area (Å²) in [6.07, 6.45) is 2.85. The number of hydrogen-bond acceptors (Lipinski definition) is 5. The normalized spacial score (nSPS) is 14.4. The van der Waals surface area contributed by atoms with E-state index in [1.807, 2.05) is 55.5 Å². The lowest BCUT2D eigenvalue weighted by molar-refractivity contribution is -0.896. The second-order valence-electron chi connectivity index (χ2n) is 11.2. The molecule has 8 nitrogen and oxygen atoms in total. The fraction of sp³-hybridized carbons (Fsp3) is 0.394. The average Bonchev–Trinajstić information content (AvgIpc) is 2.95. The van der Waals surface area contributed by atoms with Gasteiger partial charge in [0.25, 0.3) is 0 Å². The van der Waals surface area contributed by atoms with Crippen LogP contribution in [0.1, 0.15) is 43.7 Å². The number of aliphatic hydroxyl groups excluding tert-OH is 1. The first-order chi connectivity index (χ1) is 19.8. The number of aliphatic hydroxyl groups is 1. The van der Waals surface area contributed by atoms with Gasteiger partial charge in [-0.1, -0.05) is 48.5 Å². The Labute approximate surface area is 266 Å². The van der Waals surface area contributed by atoms with Crippen LogP contribution < -0.4 is 39.3 Å². The number of anilines is 2. The first-order valence-electron chi connectivity index (χ1n) is 14.4. The molecular formula is C33H42IN3O5. The number of nitrogens with zero attached hydrogens (tertiary/aromatic N) is 1. The summed E-state index contributed by atoms with van der Waals surface area (Å²) in [5.74, 6) is 0.470. The average molecular weight is 688 g/mol. The first kappa shape index (κ1) is 33.4. The number of benzene rings is 3. The minimum atomic E-state index is -0.436. The summed E-state index contributed by atoms with van der Waals surface area (Å²) >= 11 is 0. The Hall–Kier alpha value is -3.15. The van der Waals surface area contributed by atoms with Crippen LogP contribution in [0.2, 0.25) is 0 Å². The van der Waals surface area contributed by atoms with Crippen molar-refractivity contribution < 1.29 is 52.6 Å². The van der Waals surface area contributed by atoms with Crippen LogP contribution in [0.15, 0.2) is 66.7 Å². The van der Waals surface area contributed by atoms with Crippen molar-refractivity contribution in [2.75, 3.05) is 44.4 Å². The zero-order valence-electron chi connectivity index (χ0n) is 24.7. The molecule has 0 atom stereocenters. The zero-order chi connectivity index (χ0) is 29.2. The lowest BCUT2D eigenvalue weighted by atomic mass is 9.99. The van der Waals surface area contributed by atoms with Gasteiger partial charge in [0.2, 0.25) is 5.91 Å². The van der Waals surface area contributed by atoms with Gasteiger partial charge in [-0.25, -0.2) is 4.79 Å². The Morgan fingerprint density at radius 2 is 1.71 bits per heavy atom. The third-order valence-corrected chi connectivity index (χ3v) is 7.48. The third-order valence-electron chi connectivity index (χ3n) is 7.48. The van der Waals surface area contributed by atoms with E-state index in [-0.39, 0.29) is 42.6 Å². The topological polar surface area (TPSA) is 96.9 Å². The molecule has 1 saturated heterocycles. The van der Waals surface area contributed by atoms with Crippen LogP contribution in [-0.4, -0.2) is 61.5 Å². The SMILES string of the molecule is CCOc1cc(NC(=O)CCCc2ccc(-c3ccccc3)c(NC(=O)OC3CC[N+](C)(C)CC3)c2)ccc1CO.[I-]. The highest BCUT2D eigenvalue weighted by Gasteiger charge is 2.28. The van der Waals surface area contributed by atoms with Crippen molar-refractivity contribution in [3.8, 4) is 16.9 Å². The predicted molar refractivity (Wildman–Crippen MR) is 162 cm³/mol. The van der Waals surface area contributed by atoms with Crippen LogP contribution in [0.4, 0.5) is 16.2 Å². The van der Waals surface area contributed by atoms with Gasteiger partial charge in [0.1, 0.15) is 11.9 Å². The lowest BCUT2D eigenvalue weighted by Gasteiger charge is -2.36. The highest BCUT2D eigenvalue weighted by molar-refractivity contribution is 5.92. The summed E-state index contributed by atoms with van der Waals surface area (Å²) in [4.78, 5) is 25.5. The van der Waals surface area contributed by atoms with Crippen LogP contribution in [-0.2, 0) is 22.6 Å². The van der Waals surface area contributed by atoms with Crippen LogP contribution in [0.5, 0.6) is 5.75 Å². The van der Waals surface area contributed by atoms with E-state index >= 15 is 0 Å². The minimum absolute atomic E-state index is 0. The van der Waals surface area contributed by atoms with Gasteiger partial charge in [-0.15, -0.1) is 0 Å². The quantitative estimate of drug-likeness (QED) is 0.213. The number of carbonyl (C=O) groups is 2. The molecule has 9 heteroatoms. The van der Waals surface area contributed by atoms with Crippen LogP contribution in [0.25, 0.3) is 11.1 Å². The molecule has 1 aliphatic heterocycles. The zero-order valence-corrected chi connectivity index (χ0v) is 26.9. The van der Waals surface area contributed by atoms with E-state index in [0.29, 0.717) is 48.6 Å². The van der Waals surface area contributed by atoms with Crippen molar-refractivity contribution in [2.45, 2.75) is 51.7 Å². The molecule has 3 N–H and O–H groups in total. The number of nitrogens with one attached hydrogen (secondary N) is 2. The minimum Gasteiger partial charge on any atom is -1.00 e. The van der Waals surface area contributed by atoms with Gasteiger partial charge in [-0.05, 0) is 43.0 Å². The molecule has 0 spiro atoms. The van der Waals surface area contributed by atoms with Crippen LogP contribution in [0.3, 0.4) is 0 Å². The number of likely N-dealkylation sites (tertiary alicyclic amines) is 1. The number of carbonyl (C=O) groups excluding carboxylic acids is 2. The molecule has 0 aliphatic carbocycles. The smallest absolute Gasteiger partial charge is 0.411 e. The molecule has 42 heavy (non-hydrogen) atoms. The summed E-state index contributed by atoms with van der Waals surface area (Å²) in [5.41, 5.74) is 4.95. The molecule has 4 rings (SSSR count). The van der Waals surface area contributed by atoms with Gasteiger partial charge in [0, 0.05) is 42.1 Å². The van der Waals surface area contributed by atoms with E-state index in [2.05, 4.69) is 24.7 Å². The molecule has 0 radical (unpaired) electrons. The molecule has 226 valence electrons. The second kappa shape index (κ2) is 15.9. The Balaban J connectivity index is 0.00000484. The third kappa shape index (κ3) is 9.71. The molecular weight excluding hydrogens is 645 g/mol. The largest absolute Gasteiger partial charge is 1.00 e. The summed E-state index contributed by atoms with van der Waals surface area (Å²) in [6, 6.07) is 21.2. The number of amides is 2. The van der Waals surface area contributed by atoms with Crippen molar-refractivity contribution >= 4 is 23.4 Å². The molecule has 2 amide bonds. The van der Waals surface area contributed by atoms with E-state index in [1.54, 1.807) is 18.2 Å². The van der Waals surface area contributed by atoms with Crippen molar-refractivity contribution in [1.82, 2.24) is 0 Å². The van der Waals surface area contributed by atoms with Gasteiger partial charge in [-0.3, -0.25) is 10.1 Å². The van der Waals surface area contributed by atoms with Crippen molar-refractivity contribution in [1.29, 1.82) is 0 Å². The standard InChI is InChI=1S/C33H41N3O5.HI/c1-4-40-31-22-27(15-14-26(31)23-37)34-32(38)12-8-9-24-13-16-29(25-10-6-5-7-11-25)30(21-24)35-33(39)41-28-17-19-36(2,3)20-18-28;/h5-7,10-11,13-16,21-22,28,37H,4,8-9,12,17-20,23H2,1-3H3,(H-,34,35,38,39);1H. The van der Waals surface area contributed by atoms with Crippen molar-refractivity contribution in [2.24, 2.45) is 0 Å². The van der Waals surface area contributed by atoms with Gasteiger partial charge < -0.3 is 48.4 Å². The Bertz CT molecular complexity index is 1320. The number of piperidine rings is 1. The van der Waals surface area contributed by atoms with Crippen molar-refractivity contribution in [3.05, 3.63) is 77.9 Å². The Morgan fingerprint density at radius 3 is 2.40 bits per heavy atom. The molecule has 0 bridgehead atoms. The number of halogens is 1. The molecule has 0 aromatic heterocycles. The highest BCUT2D eigenvalue weighted by atomic mass is 127. The Morgan fingerprint density at radius 1 is 0.976 bits per heavy atom. The van der Waals surface area contributed by atoms with E-state index in [9.17, 15) is 14.7 Å². The fourth-order valence-electron chi connectivity index (χ4n) is 5.10. The van der Waals surface area contributed by atoms with E-state index < -0.39 is 6.09 Å². The van der Waals surface area contributed by atoms with Gasteiger partial charge in [0.05, 0.1) is 46.1 Å². The molecule has 0 saturated carbocycles.